The summed E-state index contributed by atoms with van der Waals surface area (Å²) >= 11 is 2.38. The number of nitrogens with one attached hydrogen (secondary N) is 1. The van der Waals surface area contributed by atoms with Crippen molar-refractivity contribution < 1.29 is 12.8 Å². The number of rotatable bonds is 5. The second-order valence-electron chi connectivity index (χ2n) is 5.95. The van der Waals surface area contributed by atoms with Crippen molar-refractivity contribution in [1.82, 2.24) is 4.90 Å². The zero-order valence-corrected chi connectivity index (χ0v) is 15.8. The summed E-state index contributed by atoms with van der Waals surface area (Å²) in [5, 5.41) is 8.87. The maximum absolute atomic E-state index is 13.7. The first-order valence-corrected chi connectivity index (χ1v) is 10.2. The predicted molar refractivity (Wildman–Crippen MR) is 96.4 cm³/mol. The van der Waals surface area contributed by atoms with Gasteiger partial charge in [0, 0.05) is 16.4 Å². The fourth-order valence-corrected chi connectivity index (χ4v) is 3.85. The van der Waals surface area contributed by atoms with E-state index in [1.165, 1.54) is 12.1 Å². The van der Waals surface area contributed by atoms with Gasteiger partial charge in [-0.2, -0.15) is 5.26 Å². The molecule has 2 rings (SSSR count). The van der Waals surface area contributed by atoms with Gasteiger partial charge in [-0.25, -0.2) is 12.8 Å². The molecular formula is C15H19FIN3O2S. The summed E-state index contributed by atoms with van der Waals surface area (Å²) < 4.78 is 38.5. The summed E-state index contributed by atoms with van der Waals surface area (Å²) in [5.74, 6) is -0.585. The van der Waals surface area contributed by atoms with Gasteiger partial charge in [0.25, 0.3) is 0 Å². The summed E-state index contributed by atoms with van der Waals surface area (Å²) in [6.45, 7) is 2.38. The fourth-order valence-electron chi connectivity index (χ4n) is 2.64. The largest absolute Gasteiger partial charge is 0.299 e. The Morgan fingerprint density at radius 1 is 1.43 bits per heavy atom. The molecule has 1 saturated heterocycles. The Hall–Kier alpha value is -0.920. The number of nitriles is 1. The summed E-state index contributed by atoms with van der Waals surface area (Å²) in [6.07, 6.45) is 3.44. The standard InChI is InChI=1S/C15H19FIN3O2S/c1-23(21,22)19-14-10-12(2-3-13(14)16)11-20-8-5-15(17,4-7-18)6-9-20/h2-3,10,19H,4-6,8-9,11H2,1H3. The zero-order valence-electron chi connectivity index (χ0n) is 12.8. The van der Waals surface area contributed by atoms with E-state index in [4.69, 9.17) is 5.26 Å². The van der Waals surface area contributed by atoms with E-state index in [1.807, 2.05) is 0 Å². The lowest BCUT2D eigenvalue weighted by Gasteiger charge is -2.36. The normalized spacial score (nSPS) is 18.3. The van der Waals surface area contributed by atoms with Crippen LogP contribution < -0.4 is 4.72 Å². The van der Waals surface area contributed by atoms with Gasteiger partial charge in [-0.1, -0.05) is 28.7 Å². The number of hydrogen-bond acceptors (Lipinski definition) is 4. The first kappa shape index (κ1) is 18.4. The molecule has 0 unspecified atom stereocenters. The molecule has 0 aliphatic carbocycles. The number of piperidine rings is 1. The van der Waals surface area contributed by atoms with Gasteiger partial charge in [0.05, 0.1) is 18.0 Å². The van der Waals surface area contributed by atoms with E-state index < -0.39 is 15.8 Å². The van der Waals surface area contributed by atoms with Crippen molar-refractivity contribution in [3.8, 4) is 6.07 Å². The van der Waals surface area contributed by atoms with Crippen LogP contribution in [0.3, 0.4) is 0 Å². The molecule has 1 aromatic carbocycles. The molecule has 1 aromatic rings. The molecule has 1 heterocycles. The smallest absolute Gasteiger partial charge is 0.229 e. The summed E-state index contributed by atoms with van der Waals surface area (Å²) in [5.41, 5.74) is 0.841. The molecule has 0 saturated carbocycles. The molecule has 0 spiro atoms. The molecule has 1 fully saturated rings. The Balaban J connectivity index is 2.02. The molecule has 1 aliphatic heterocycles. The van der Waals surface area contributed by atoms with Crippen molar-refractivity contribution in [3.63, 3.8) is 0 Å². The minimum atomic E-state index is -3.51. The number of sulfonamides is 1. The van der Waals surface area contributed by atoms with Crippen LogP contribution in [0.25, 0.3) is 0 Å². The third-order valence-electron chi connectivity index (χ3n) is 3.88. The van der Waals surface area contributed by atoms with Crippen LogP contribution in [0.5, 0.6) is 0 Å². The van der Waals surface area contributed by atoms with Crippen LogP contribution >= 0.6 is 22.6 Å². The lowest BCUT2D eigenvalue weighted by Crippen LogP contribution is -2.40. The third kappa shape index (κ3) is 5.58. The fraction of sp³-hybridized carbons (Fsp3) is 0.533. The molecule has 0 atom stereocenters. The first-order valence-electron chi connectivity index (χ1n) is 7.25. The van der Waals surface area contributed by atoms with Crippen LogP contribution in [-0.4, -0.2) is 36.1 Å². The highest BCUT2D eigenvalue weighted by Gasteiger charge is 2.31. The Morgan fingerprint density at radius 2 is 2.09 bits per heavy atom. The Morgan fingerprint density at radius 3 is 2.65 bits per heavy atom. The van der Waals surface area contributed by atoms with Crippen molar-refractivity contribution in [2.75, 3.05) is 24.1 Å². The van der Waals surface area contributed by atoms with Gasteiger partial charge in [0.2, 0.25) is 10.0 Å². The minimum absolute atomic E-state index is 0.0188. The van der Waals surface area contributed by atoms with Crippen LogP contribution in [0.2, 0.25) is 0 Å². The van der Waals surface area contributed by atoms with Gasteiger partial charge in [-0.3, -0.25) is 9.62 Å². The van der Waals surface area contributed by atoms with Gasteiger partial charge in [0.15, 0.2) is 0 Å². The predicted octanol–water partition coefficient (Wildman–Crippen LogP) is 2.88. The van der Waals surface area contributed by atoms with Gasteiger partial charge in [0.1, 0.15) is 5.82 Å². The highest BCUT2D eigenvalue weighted by atomic mass is 127. The van der Waals surface area contributed by atoms with E-state index in [1.54, 1.807) is 6.07 Å². The molecule has 126 valence electrons. The summed E-state index contributed by atoms with van der Waals surface area (Å²) in [4.78, 5) is 2.24. The van der Waals surface area contributed by atoms with Crippen LogP contribution in [0.15, 0.2) is 18.2 Å². The monoisotopic (exact) mass is 451 g/mol. The van der Waals surface area contributed by atoms with E-state index >= 15 is 0 Å². The van der Waals surface area contributed by atoms with Gasteiger partial charge in [-0.15, -0.1) is 0 Å². The first-order chi connectivity index (χ1) is 10.7. The Labute approximate surface area is 150 Å². The Bertz CT molecular complexity index is 710. The number of nitrogens with zero attached hydrogens (tertiary/aromatic N) is 2. The van der Waals surface area contributed by atoms with Crippen molar-refractivity contribution in [2.45, 2.75) is 29.2 Å². The average Bonchev–Trinajstić information content (AvgIpc) is 2.44. The molecular weight excluding hydrogens is 432 g/mol. The van der Waals surface area contributed by atoms with Gasteiger partial charge in [-0.05, 0) is 43.6 Å². The van der Waals surface area contributed by atoms with E-state index in [9.17, 15) is 12.8 Å². The number of hydrogen-bond donors (Lipinski definition) is 1. The second kappa shape index (κ2) is 7.32. The van der Waals surface area contributed by atoms with Gasteiger partial charge < -0.3 is 0 Å². The van der Waals surface area contributed by atoms with Crippen LogP contribution in [0, 0.1) is 17.1 Å². The number of likely N-dealkylation sites (tertiary alicyclic amines) is 1. The van der Waals surface area contributed by atoms with E-state index in [2.05, 4.69) is 38.3 Å². The Kier molecular flexibility index (Phi) is 5.86. The highest BCUT2D eigenvalue weighted by Crippen LogP contribution is 2.35. The minimum Gasteiger partial charge on any atom is -0.299 e. The zero-order chi connectivity index (χ0) is 17.1. The molecule has 0 bridgehead atoms. The SMILES string of the molecule is CS(=O)(=O)Nc1cc(CN2CCC(I)(CC#N)CC2)ccc1F. The van der Waals surface area contributed by atoms with Crippen LogP contribution in [-0.2, 0) is 16.6 Å². The topological polar surface area (TPSA) is 73.2 Å². The molecule has 5 nitrogen and oxygen atoms in total. The molecule has 1 N–H and O–H groups in total. The lowest BCUT2D eigenvalue weighted by atomic mass is 9.94. The average molecular weight is 451 g/mol. The molecule has 8 heteroatoms. The lowest BCUT2D eigenvalue weighted by molar-refractivity contribution is 0.199. The molecule has 0 aromatic heterocycles. The van der Waals surface area contributed by atoms with Crippen molar-refractivity contribution in [2.24, 2.45) is 0 Å². The number of halogens is 2. The second-order valence-corrected chi connectivity index (χ2v) is 9.99. The molecule has 1 aliphatic rings. The van der Waals surface area contributed by atoms with Crippen molar-refractivity contribution in [3.05, 3.63) is 29.6 Å². The maximum atomic E-state index is 13.7. The molecule has 0 radical (unpaired) electrons. The number of anilines is 1. The molecule has 0 amide bonds. The van der Waals surface area contributed by atoms with E-state index in [0.717, 1.165) is 37.8 Å². The van der Waals surface area contributed by atoms with Crippen molar-refractivity contribution >= 4 is 38.3 Å². The third-order valence-corrected chi connectivity index (χ3v) is 5.93. The molecule has 23 heavy (non-hydrogen) atoms. The number of alkyl halides is 1. The number of benzene rings is 1. The van der Waals surface area contributed by atoms with E-state index in [0.29, 0.717) is 13.0 Å². The van der Waals surface area contributed by atoms with Crippen LogP contribution in [0.4, 0.5) is 10.1 Å². The van der Waals surface area contributed by atoms with E-state index in [-0.39, 0.29) is 9.11 Å². The summed E-state index contributed by atoms with van der Waals surface area (Å²) in [6, 6.07) is 6.74. The maximum Gasteiger partial charge on any atom is 0.229 e. The quantitative estimate of drug-likeness (QED) is 0.552. The highest BCUT2D eigenvalue weighted by molar-refractivity contribution is 14.1. The van der Waals surface area contributed by atoms with Crippen LogP contribution in [0.1, 0.15) is 24.8 Å². The van der Waals surface area contributed by atoms with Crippen molar-refractivity contribution in [1.29, 1.82) is 5.26 Å². The summed E-state index contributed by atoms with van der Waals surface area (Å²) in [7, 11) is -3.51. The van der Waals surface area contributed by atoms with Gasteiger partial charge >= 0.3 is 0 Å².